The molecule has 2 saturated heterocycles. The fourth-order valence-electron chi connectivity index (χ4n) is 6.74. The van der Waals surface area contributed by atoms with Gasteiger partial charge in [0, 0.05) is 23.1 Å². The van der Waals surface area contributed by atoms with Crippen LogP contribution in [-0.2, 0) is 24.8 Å². The topological polar surface area (TPSA) is 86.3 Å². The zero-order valence-corrected chi connectivity index (χ0v) is 33.7. The summed E-state index contributed by atoms with van der Waals surface area (Å²) in [6.07, 6.45) is -0.371. The number of cyclic esters (lactones) is 1. The Morgan fingerprint density at radius 2 is 1.47 bits per heavy atom. The standard InChI is InChI=1S/C44H52F2N2O6Si/c1-42(2,3)55(6,7)54-36-23-13-31(14-24-36)39(47-35-21-19-34(46)20-22-35)37(40(49)48-38(27-51-41(48)50)30-11-9-8-10-12-30)25-26-44(32-15-17-33(45)18-16-32)52-28-43(4,5)29-53-44/h8-24,37-39,47H,25-29H2,1-7H3/t37-,38-,39+/m1/s1. The van der Waals surface area contributed by atoms with Gasteiger partial charge in [-0.3, -0.25) is 4.79 Å². The largest absolute Gasteiger partial charge is 0.544 e. The van der Waals surface area contributed by atoms with E-state index in [4.69, 9.17) is 18.6 Å². The molecule has 3 atom stereocenters. The van der Waals surface area contributed by atoms with E-state index in [1.165, 1.54) is 29.2 Å². The van der Waals surface area contributed by atoms with Crippen molar-refractivity contribution in [3.05, 3.63) is 131 Å². The van der Waals surface area contributed by atoms with Crippen LogP contribution in [0.15, 0.2) is 103 Å². The smallest absolute Gasteiger partial charge is 0.417 e. The van der Waals surface area contributed by atoms with Gasteiger partial charge in [0.05, 0.1) is 25.2 Å². The molecule has 0 bridgehead atoms. The van der Waals surface area contributed by atoms with Crippen molar-refractivity contribution in [2.75, 3.05) is 25.1 Å². The molecule has 11 heteroatoms. The minimum Gasteiger partial charge on any atom is -0.544 e. The first-order valence-electron chi connectivity index (χ1n) is 18.9. The molecule has 0 spiro atoms. The number of hydrogen-bond donors (Lipinski definition) is 1. The van der Waals surface area contributed by atoms with Gasteiger partial charge >= 0.3 is 6.09 Å². The average Bonchev–Trinajstić information content (AvgIpc) is 3.54. The van der Waals surface area contributed by atoms with Crippen LogP contribution in [-0.4, -0.2) is 45.0 Å². The number of ether oxygens (including phenoxy) is 3. The van der Waals surface area contributed by atoms with Crippen LogP contribution in [0.4, 0.5) is 19.3 Å². The normalized spacial score (nSPS) is 19.3. The summed E-state index contributed by atoms with van der Waals surface area (Å²) in [6.45, 7) is 15.7. The second kappa shape index (κ2) is 15.9. The van der Waals surface area contributed by atoms with Crippen LogP contribution in [0.3, 0.4) is 0 Å². The van der Waals surface area contributed by atoms with Crippen molar-refractivity contribution < 1.29 is 37.0 Å². The maximum absolute atomic E-state index is 15.2. The van der Waals surface area contributed by atoms with E-state index in [2.05, 4.69) is 39.2 Å². The van der Waals surface area contributed by atoms with E-state index in [0.717, 1.165) is 11.1 Å². The summed E-state index contributed by atoms with van der Waals surface area (Å²) in [7, 11) is -2.16. The number of benzene rings is 4. The molecule has 0 unspecified atom stereocenters. The Labute approximate surface area is 324 Å². The van der Waals surface area contributed by atoms with Crippen molar-refractivity contribution in [2.24, 2.45) is 11.3 Å². The minimum atomic E-state index is -2.16. The summed E-state index contributed by atoms with van der Waals surface area (Å²) in [6, 6.07) is 27.6. The lowest BCUT2D eigenvalue weighted by Crippen LogP contribution is -2.47. The quantitative estimate of drug-likeness (QED) is 0.144. The van der Waals surface area contributed by atoms with Crippen molar-refractivity contribution in [3.8, 4) is 5.75 Å². The van der Waals surface area contributed by atoms with Gasteiger partial charge in [-0.05, 0) is 84.2 Å². The van der Waals surface area contributed by atoms with E-state index in [0.29, 0.717) is 30.2 Å². The maximum atomic E-state index is 15.2. The molecule has 2 heterocycles. The van der Waals surface area contributed by atoms with Crippen LogP contribution in [0.5, 0.6) is 5.75 Å². The molecule has 0 aromatic heterocycles. The van der Waals surface area contributed by atoms with Crippen molar-refractivity contribution in [1.82, 2.24) is 4.90 Å². The van der Waals surface area contributed by atoms with Gasteiger partial charge in [0.1, 0.15) is 30.0 Å². The molecule has 2 fully saturated rings. The van der Waals surface area contributed by atoms with Crippen molar-refractivity contribution >= 4 is 26.0 Å². The first-order valence-corrected chi connectivity index (χ1v) is 21.8. The van der Waals surface area contributed by atoms with Crippen LogP contribution in [0.25, 0.3) is 0 Å². The van der Waals surface area contributed by atoms with Gasteiger partial charge in [-0.1, -0.05) is 89.2 Å². The first-order chi connectivity index (χ1) is 26.0. The molecule has 4 aromatic carbocycles. The Hall–Kier alpha value is -4.58. The highest BCUT2D eigenvalue weighted by Gasteiger charge is 2.47. The number of imide groups is 1. The van der Waals surface area contributed by atoms with E-state index in [1.54, 1.807) is 24.3 Å². The summed E-state index contributed by atoms with van der Waals surface area (Å²) in [5.74, 6) is -2.74. The number of nitrogens with one attached hydrogen (secondary N) is 1. The lowest BCUT2D eigenvalue weighted by atomic mass is 9.84. The third-order valence-electron chi connectivity index (χ3n) is 11.1. The van der Waals surface area contributed by atoms with Crippen molar-refractivity contribution in [2.45, 2.75) is 83.5 Å². The summed E-state index contributed by atoms with van der Waals surface area (Å²) >= 11 is 0. The van der Waals surface area contributed by atoms with Crippen molar-refractivity contribution in [3.63, 3.8) is 0 Å². The van der Waals surface area contributed by atoms with Crippen molar-refractivity contribution in [1.29, 1.82) is 0 Å². The fraction of sp³-hybridized carbons (Fsp3) is 0.409. The van der Waals surface area contributed by atoms with E-state index in [9.17, 15) is 13.6 Å². The number of amides is 2. The molecule has 2 aliphatic heterocycles. The third-order valence-corrected chi connectivity index (χ3v) is 15.4. The second-order valence-corrected chi connectivity index (χ2v) is 21.6. The molecule has 0 aliphatic carbocycles. The van der Waals surface area contributed by atoms with E-state index >= 15 is 4.79 Å². The van der Waals surface area contributed by atoms with Gasteiger partial charge in [0.2, 0.25) is 14.2 Å². The maximum Gasteiger partial charge on any atom is 0.417 e. The molecule has 55 heavy (non-hydrogen) atoms. The molecular formula is C44H52F2N2O6Si. The number of nitrogens with zero attached hydrogens (tertiary/aromatic N) is 1. The number of rotatable bonds is 12. The predicted octanol–water partition coefficient (Wildman–Crippen LogP) is 10.5. The monoisotopic (exact) mass is 770 g/mol. The molecule has 2 amide bonds. The predicted molar refractivity (Wildman–Crippen MR) is 211 cm³/mol. The van der Waals surface area contributed by atoms with Crippen LogP contribution >= 0.6 is 0 Å². The van der Waals surface area contributed by atoms with Gasteiger partial charge in [-0.2, -0.15) is 0 Å². The number of halogens is 2. The Balaban J connectivity index is 1.44. The fourth-order valence-corrected chi connectivity index (χ4v) is 7.77. The molecule has 2 aliphatic rings. The molecule has 8 nitrogen and oxygen atoms in total. The van der Waals surface area contributed by atoms with E-state index in [-0.39, 0.29) is 29.9 Å². The SMILES string of the molecule is CC1(C)COC(CC[C@@H](C(=O)N2C(=O)OC[C@@H]2c2ccccc2)[C@@H](Nc2ccc(F)cc2)c2ccc(O[Si](C)(C)C(C)(C)C)cc2)(c2ccc(F)cc2)OC1. The number of carbonyl (C=O) groups is 2. The van der Waals surface area contributed by atoms with E-state index < -0.39 is 55.7 Å². The zero-order chi connectivity index (χ0) is 39.6. The highest BCUT2D eigenvalue weighted by molar-refractivity contribution is 6.74. The average molecular weight is 771 g/mol. The number of hydrogen-bond acceptors (Lipinski definition) is 7. The number of anilines is 1. The Morgan fingerprint density at radius 1 is 0.891 bits per heavy atom. The summed E-state index contributed by atoms with van der Waals surface area (Å²) < 4.78 is 53.6. The Kier molecular flexibility index (Phi) is 11.6. The molecule has 1 N–H and O–H groups in total. The molecule has 292 valence electrons. The molecule has 0 radical (unpaired) electrons. The van der Waals surface area contributed by atoms with Crippen LogP contribution in [0.1, 0.15) is 76.2 Å². The summed E-state index contributed by atoms with van der Waals surface area (Å²) in [5, 5.41) is 3.50. The molecule has 4 aromatic rings. The Morgan fingerprint density at radius 3 is 2.05 bits per heavy atom. The number of carbonyl (C=O) groups excluding carboxylic acids is 2. The third kappa shape index (κ3) is 9.11. The van der Waals surface area contributed by atoms with Gasteiger partial charge < -0.3 is 24.0 Å². The van der Waals surface area contributed by atoms with Crippen LogP contribution in [0.2, 0.25) is 18.1 Å². The summed E-state index contributed by atoms with van der Waals surface area (Å²) in [5.41, 5.74) is 2.43. The molecule has 6 rings (SSSR count). The highest BCUT2D eigenvalue weighted by Crippen LogP contribution is 2.44. The van der Waals surface area contributed by atoms with Gasteiger partial charge in [0.25, 0.3) is 0 Å². The highest BCUT2D eigenvalue weighted by atomic mass is 28.4. The Bertz CT molecular complexity index is 1920. The molecule has 0 saturated carbocycles. The summed E-state index contributed by atoms with van der Waals surface area (Å²) in [4.78, 5) is 29.9. The molecular weight excluding hydrogens is 719 g/mol. The lowest BCUT2D eigenvalue weighted by Gasteiger charge is -2.44. The first kappa shape index (κ1) is 40.1. The van der Waals surface area contributed by atoms with Gasteiger partial charge in [-0.15, -0.1) is 0 Å². The lowest BCUT2D eigenvalue weighted by molar-refractivity contribution is -0.312. The second-order valence-electron chi connectivity index (χ2n) is 16.9. The van der Waals surface area contributed by atoms with Crippen LogP contribution < -0.4 is 9.74 Å². The van der Waals surface area contributed by atoms with Crippen LogP contribution in [0, 0.1) is 23.0 Å². The minimum absolute atomic E-state index is 0.0116. The zero-order valence-electron chi connectivity index (χ0n) is 32.7. The van der Waals surface area contributed by atoms with Gasteiger partial charge in [0.15, 0.2) is 5.79 Å². The van der Waals surface area contributed by atoms with Gasteiger partial charge in [-0.25, -0.2) is 18.5 Å². The van der Waals surface area contributed by atoms with E-state index in [1.807, 2.05) is 68.4 Å².